The highest BCUT2D eigenvalue weighted by Crippen LogP contribution is 2.39. The van der Waals surface area contributed by atoms with E-state index in [9.17, 15) is 20.1 Å². The van der Waals surface area contributed by atoms with Gasteiger partial charge in [-0.15, -0.1) is 0 Å². The van der Waals surface area contributed by atoms with Gasteiger partial charge in [-0.2, -0.15) is 0 Å². The highest BCUT2D eigenvalue weighted by molar-refractivity contribution is 5.74. The molecule has 2 aliphatic heterocycles. The lowest BCUT2D eigenvalue weighted by Crippen LogP contribution is -2.63. The third kappa shape index (κ3) is 10.4. The molecule has 0 aliphatic carbocycles. The van der Waals surface area contributed by atoms with E-state index in [-0.39, 0.29) is 18.3 Å². The van der Waals surface area contributed by atoms with Crippen molar-refractivity contribution >= 4 is 5.97 Å². The smallest absolute Gasteiger partial charge is 0.314 e. The number of rotatable bonds is 7. The fourth-order valence-electron chi connectivity index (χ4n) is 5.39. The van der Waals surface area contributed by atoms with Crippen molar-refractivity contribution in [1.82, 2.24) is 0 Å². The van der Waals surface area contributed by atoms with Gasteiger partial charge in [0.1, 0.15) is 30.0 Å². The Morgan fingerprint density at radius 3 is 2.49 bits per heavy atom. The minimum Gasteiger partial charge on any atom is -0.499 e. The number of cyclic esters (lactones) is 1. The molecule has 1 saturated heterocycles. The molecular weight excluding hydrogens is 552 g/mol. The number of allylic oxidation sites excluding steroid dienone is 7. The normalized spacial score (nSPS) is 35.3. The lowest BCUT2D eigenvalue weighted by molar-refractivity contribution is -0.341. The molecule has 3 N–H and O–H groups in total. The molecule has 2 heterocycles. The van der Waals surface area contributed by atoms with Crippen molar-refractivity contribution in [2.45, 2.75) is 110 Å². The second-order valence-corrected chi connectivity index (χ2v) is 12.0. The van der Waals surface area contributed by atoms with Crippen molar-refractivity contribution < 1.29 is 43.8 Å². The van der Waals surface area contributed by atoms with Gasteiger partial charge < -0.3 is 39.0 Å². The van der Waals surface area contributed by atoms with E-state index in [0.29, 0.717) is 18.6 Å². The van der Waals surface area contributed by atoms with Crippen LogP contribution in [0.2, 0.25) is 0 Å². The zero-order valence-corrected chi connectivity index (χ0v) is 27.4. The summed E-state index contributed by atoms with van der Waals surface area (Å²) < 4.78 is 29.1. The number of hydrogen-bond acceptors (Lipinski definition) is 9. The van der Waals surface area contributed by atoms with Crippen LogP contribution in [0.3, 0.4) is 0 Å². The molecule has 9 heteroatoms. The van der Waals surface area contributed by atoms with E-state index in [1.807, 2.05) is 45.9 Å². The summed E-state index contributed by atoms with van der Waals surface area (Å²) >= 11 is 0. The molecular formula is C34H54O9. The summed E-state index contributed by atoms with van der Waals surface area (Å²) in [7, 11) is 4.44. The molecule has 43 heavy (non-hydrogen) atoms. The van der Waals surface area contributed by atoms with E-state index in [1.54, 1.807) is 20.1 Å². The molecule has 0 aromatic heterocycles. The number of methoxy groups -OCH3 is 3. The second kappa shape index (κ2) is 17.3. The topological polar surface area (TPSA) is 124 Å². The van der Waals surface area contributed by atoms with Crippen molar-refractivity contribution in [1.29, 1.82) is 0 Å². The van der Waals surface area contributed by atoms with Gasteiger partial charge in [-0.1, -0.05) is 55.4 Å². The molecule has 2 aliphatic rings. The van der Waals surface area contributed by atoms with Crippen LogP contribution in [0.15, 0.2) is 59.4 Å². The van der Waals surface area contributed by atoms with Crippen LogP contribution in [0, 0.1) is 17.8 Å². The summed E-state index contributed by atoms with van der Waals surface area (Å²) in [4.78, 5) is 13.7. The lowest BCUT2D eigenvalue weighted by Gasteiger charge is -2.47. The second-order valence-electron chi connectivity index (χ2n) is 12.0. The first-order chi connectivity index (χ1) is 20.3. The van der Waals surface area contributed by atoms with Gasteiger partial charge in [0.15, 0.2) is 0 Å². The quantitative estimate of drug-likeness (QED) is 0.278. The van der Waals surface area contributed by atoms with Crippen LogP contribution in [0.5, 0.6) is 0 Å². The Morgan fingerprint density at radius 2 is 1.88 bits per heavy atom. The Morgan fingerprint density at radius 1 is 1.19 bits per heavy atom. The molecule has 0 radical (unpaired) electrons. The van der Waals surface area contributed by atoms with E-state index < -0.39 is 54.3 Å². The molecule has 0 saturated carbocycles. The summed E-state index contributed by atoms with van der Waals surface area (Å²) in [5.74, 6) is -3.71. The average Bonchev–Trinajstić information content (AvgIpc) is 2.95. The third-order valence-electron chi connectivity index (χ3n) is 8.34. The maximum atomic E-state index is 13.7. The molecule has 0 aromatic rings. The van der Waals surface area contributed by atoms with Crippen LogP contribution >= 0.6 is 0 Å². The Bertz CT molecular complexity index is 1040. The highest BCUT2D eigenvalue weighted by Gasteiger charge is 2.56. The first kappa shape index (κ1) is 36.9. The predicted molar refractivity (Wildman–Crippen MR) is 166 cm³/mol. The van der Waals surface area contributed by atoms with Gasteiger partial charge in [0.05, 0.1) is 25.4 Å². The fraction of sp³-hybridized carbons (Fsp3) is 0.676. The first-order valence-electron chi connectivity index (χ1n) is 15.2. The van der Waals surface area contributed by atoms with Crippen molar-refractivity contribution in [3.8, 4) is 0 Å². The number of esters is 1. The largest absolute Gasteiger partial charge is 0.499 e. The molecule has 244 valence electrons. The van der Waals surface area contributed by atoms with E-state index in [0.717, 1.165) is 17.6 Å². The molecule has 0 aromatic carbocycles. The molecule has 2 rings (SSSR count). The SMILES string of the molecule is COC1=CC(C)CC=CC(C)=CCCC(OC)C(/C=C/C(C)=C/C(C)C(C)O)OC(=O)C(C)C2(O)OC1CC(O)C2OC. The van der Waals surface area contributed by atoms with E-state index in [4.69, 9.17) is 23.7 Å². The summed E-state index contributed by atoms with van der Waals surface area (Å²) in [6.45, 7) is 11.1. The fourth-order valence-corrected chi connectivity index (χ4v) is 5.39. The van der Waals surface area contributed by atoms with Crippen LogP contribution in [0.25, 0.3) is 0 Å². The molecule has 0 spiro atoms. The molecule has 9 nitrogen and oxygen atoms in total. The highest BCUT2D eigenvalue weighted by atomic mass is 16.7. The number of carbonyl (C=O) groups excluding carboxylic acids is 1. The molecule has 2 bridgehead atoms. The maximum Gasteiger partial charge on any atom is 0.314 e. The Balaban J connectivity index is 2.56. The summed E-state index contributed by atoms with van der Waals surface area (Å²) in [5.41, 5.74) is 2.00. The van der Waals surface area contributed by atoms with Crippen LogP contribution < -0.4 is 0 Å². The van der Waals surface area contributed by atoms with Crippen molar-refractivity contribution in [2.24, 2.45) is 17.8 Å². The Kier molecular flexibility index (Phi) is 14.8. The summed E-state index contributed by atoms with van der Waals surface area (Å²) in [5, 5.41) is 32.8. The van der Waals surface area contributed by atoms with Gasteiger partial charge in [0.2, 0.25) is 5.79 Å². The van der Waals surface area contributed by atoms with Crippen LogP contribution in [0.1, 0.15) is 67.2 Å². The number of hydrogen-bond donors (Lipinski definition) is 3. The maximum absolute atomic E-state index is 13.7. The monoisotopic (exact) mass is 606 g/mol. The van der Waals surface area contributed by atoms with Gasteiger partial charge in [0.25, 0.3) is 0 Å². The van der Waals surface area contributed by atoms with Crippen LogP contribution in [0.4, 0.5) is 0 Å². The number of aliphatic hydroxyl groups is 3. The Labute approximate surface area is 257 Å². The average molecular weight is 607 g/mol. The number of carbonyl (C=O) groups is 1. The van der Waals surface area contributed by atoms with Gasteiger partial charge in [-0.25, -0.2) is 0 Å². The van der Waals surface area contributed by atoms with Gasteiger partial charge in [-0.05, 0) is 65.0 Å². The zero-order valence-electron chi connectivity index (χ0n) is 27.4. The lowest BCUT2D eigenvalue weighted by atomic mass is 9.85. The van der Waals surface area contributed by atoms with E-state index >= 15 is 0 Å². The summed E-state index contributed by atoms with van der Waals surface area (Å²) in [6, 6.07) is 0. The molecule has 10 atom stereocenters. The Hall–Kier alpha value is -2.27. The summed E-state index contributed by atoms with van der Waals surface area (Å²) in [6.07, 6.45) is 10.9. The number of aliphatic hydroxyl groups excluding tert-OH is 2. The predicted octanol–water partition coefficient (Wildman–Crippen LogP) is 4.77. The van der Waals surface area contributed by atoms with Crippen molar-refractivity contribution in [3.63, 3.8) is 0 Å². The number of ether oxygens (including phenoxy) is 5. The number of fused-ring (bicyclic) bond motifs is 2. The van der Waals surface area contributed by atoms with Crippen molar-refractivity contribution in [3.05, 3.63) is 59.4 Å². The van der Waals surface area contributed by atoms with Crippen molar-refractivity contribution in [2.75, 3.05) is 21.3 Å². The molecule has 1 fully saturated rings. The minimum absolute atomic E-state index is 0.0611. The van der Waals surface area contributed by atoms with Gasteiger partial charge in [-0.3, -0.25) is 4.79 Å². The van der Waals surface area contributed by atoms with E-state index in [1.165, 1.54) is 21.1 Å². The van der Waals surface area contributed by atoms with Gasteiger partial charge in [0, 0.05) is 26.6 Å². The third-order valence-corrected chi connectivity index (χ3v) is 8.34. The van der Waals surface area contributed by atoms with Crippen LogP contribution in [-0.4, -0.2) is 85.0 Å². The molecule has 0 amide bonds. The zero-order chi connectivity index (χ0) is 32.3. The standard InChI is InChI=1S/C34H54O9/c1-21-12-10-14-22(2)19-30(40-8)31-20-27(36)32(41-9)34(38,43-31)25(5)33(37)42-29(28(39-7)15-11-13-21)17-16-23(3)18-24(4)26(6)35/h10,12-13,16-19,22,24-29,31-32,35-36,38H,11,14-15,20H2,1-9H3/b12-10?,17-16+,21-13?,23-18+,30-19?. The molecule has 10 unspecified atom stereocenters. The minimum atomic E-state index is -2.21. The van der Waals surface area contributed by atoms with Crippen LogP contribution in [-0.2, 0) is 28.5 Å². The van der Waals surface area contributed by atoms with Gasteiger partial charge >= 0.3 is 5.97 Å². The van der Waals surface area contributed by atoms with E-state index in [2.05, 4.69) is 18.2 Å². The first-order valence-corrected chi connectivity index (χ1v) is 15.2.